The van der Waals surface area contributed by atoms with Crippen LogP contribution in [0.5, 0.6) is 0 Å². The number of rotatable bonds is 11. The van der Waals surface area contributed by atoms with Gasteiger partial charge in [-0.2, -0.15) is 9.13 Å². The highest BCUT2D eigenvalue weighted by Gasteiger charge is 2.25. The van der Waals surface area contributed by atoms with Gasteiger partial charge in [0.05, 0.1) is 12.3 Å². The van der Waals surface area contributed by atoms with Crippen molar-refractivity contribution in [3.8, 4) is 28.5 Å². The number of hydrogen-bond donors (Lipinski definition) is 4. The van der Waals surface area contributed by atoms with E-state index < -0.39 is 15.2 Å². The van der Waals surface area contributed by atoms with Gasteiger partial charge < -0.3 is 19.6 Å². The van der Waals surface area contributed by atoms with Crippen LogP contribution in [0.3, 0.4) is 0 Å². The van der Waals surface area contributed by atoms with Crippen LogP contribution in [0.2, 0.25) is 0 Å². The Hall–Kier alpha value is -4.46. The van der Waals surface area contributed by atoms with E-state index in [1.54, 1.807) is 24.3 Å². The van der Waals surface area contributed by atoms with Gasteiger partial charge in [-0.1, -0.05) is 66.7 Å². The standard InChI is InChI=1S/C36H33N3O6P2/c40-46(41,42)26-30-16-12-28(13-17-30)24-37-22-6-4-10-33(37)35-20-21-36(39(35)32-8-2-1-3-9-32)34-11-5-7-23-38(34)25-29-14-18-31(19-15-29)27-47(43,44)45/h1-23H,24-27H2,(H2-2,40,41,42,43,44,45)/p+2. The smallest absolute Gasteiger partial charge is 0.324 e. The quantitative estimate of drug-likeness (QED) is 0.102. The lowest BCUT2D eigenvalue weighted by Crippen LogP contribution is -2.37. The van der Waals surface area contributed by atoms with Crippen molar-refractivity contribution in [3.05, 3.63) is 162 Å². The highest BCUT2D eigenvalue weighted by molar-refractivity contribution is 7.51. The minimum Gasteiger partial charge on any atom is -0.324 e. The molecule has 0 aliphatic heterocycles. The van der Waals surface area contributed by atoms with Gasteiger partial charge in [-0.15, -0.1) is 0 Å². The average Bonchev–Trinajstić information content (AvgIpc) is 3.47. The van der Waals surface area contributed by atoms with E-state index in [4.69, 9.17) is 0 Å². The Balaban J connectivity index is 1.38. The summed E-state index contributed by atoms with van der Waals surface area (Å²) in [4.78, 5) is 37.4. The maximum absolute atomic E-state index is 11.5. The van der Waals surface area contributed by atoms with E-state index in [0.717, 1.165) is 39.6 Å². The Morgan fingerprint density at radius 1 is 0.468 bits per heavy atom. The maximum atomic E-state index is 11.5. The zero-order chi connectivity index (χ0) is 33.0. The third-order valence-corrected chi connectivity index (χ3v) is 9.38. The molecule has 0 aliphatic rings. The Bertz CT molecular complexity index is 1960. The Morgan fingerprint density at radius 3 is 1.26 bits per heavy atom. The van der Waals surface area contributed by atoms with Gasteiger partial charge in [-0.05, 0) is 47.5 Å². The average molecular weight is 668 g/mol. The number of benzene rings is 3. The van der Waals surface area contributed by atoms with E-state index in [0.29, 0.717) is 24.2 Å². The van der Waals surface area contributed by atoms with Crippen LogP contribution < -0.4 is 9.13 Å². The highest BCUT2D eigenvalue weighted by atomic mass is 31.2. The van der Waals surface area contributed by atoms with Crippen molar-refractivity contribution in [1.82, 2.24) is 4.57 Å². The number of hydrogen-bond acceptors (Lipinski definition) is 2. The van der Waals surface area contributed by atoms with Crippen LogP contribution in [0, 0.1) is 0 Å². The summed E-state index contributed by atoms with van der Waals surface area (Å²) in [6.07, 6.45) is 3.48. The number of nitrogens with zero attached hydrogens (tertiary/aromatic N) is 3. The largest absolute Gasteiger partial charge is 0.329 e. The number of aromatic nitrogens is 3. The summed E-state index contributed by atoms with van der Waals surface area (Å²) in [6.45, 7) is 1.12. The minimum atomic E-state index is -4.14. The van der Waals surface area contributed by atoms with Crippen LogP contribution in [0.4, 0.5) is 0 Å². The molecule has 0 saturated carbocycles. The molecule has 3 aromatic heterocycles. The molecule has 3 aromatic carbocycles. The van der Waals surface area contributed by atoms with Crippen molar-refractivity contribution in [2.75, 3.05) is 0 Å². The molecule has 11 heteroatoms. The van der Waals surface area contributed by atoms with Gasteiger partial charge in [0, 0.05) is 41.1 Å². The number of para-hydroxylation sites is 1. The Labute approximate surface area is 273 Å². The van der Waals surface area contributed by atoms with Crippen LogP contribution in [0.15, 0.2) is 140 Å². The number of pyridine rings is 2. The predicted octanol–water partition coefficient (Wildman–Crippen LogP) is 5.84. The molecule has 0 spiro atoms. The molecular weight excluding hydrogens is 632 g/mol. The van der Waals surface area contributed by atoms with Crippen LogP contribution in [0.25, 0.3) is 28.5 Å². The van der Waals surface area contributed by atoms with Gasteiger partial charge >= 0.3 is 15.2 Å². The maximum Gasteiger partial charge on any atom is 0.329 e. The Kier molecular flexibility index (Phi) is 9.48. The monoisotopic (exact) mass is 667 g/mol. The molecule has 9 nitrogen and oxygen atoms in total. The topological polar surface area (TPSA) is 128 Å². The van der Waals surface area contributed by atoms with E-state index in [-0.39, 0.29) is 12.3 Å². The van der Waals surface area contributed by atoms with Crippen molar-refractivity contribution in [2.24, 2.45) is 0 Å². The van der Waals surface area contributed by atoms with E-state index in [1.165, 1.54) is 0 Å². The van der Waals surface area contributed by atoms with Gasteiger partial charge in [-0.25, -0.2) is 0 Å². The van der Waals surface area contributed by atoms with Crippen LogP contribution in [0.1, 0.15) is 22.3 Å². The first kappa shape index (κ1) is 32.5. The molecule has 47 heavy (non-hydrogen) atoms. The molecule has 0 aliphatic carbocycles. The molecular formula is C36H35N3O6P2+2. The van der Waals surface area contributed by atoms with Gasteiger partial charge in [0.25, 0.3) is 0 Å². The third-order valence-electron chi connectivity index (χ3n) is 7.83. The SMILES string of the molecule is O=P(O)(O)Cc1ccc(C[n+]2ccccc2-c2ccc(-c3cccc[n+]3Cc3ccc(CP(=O)(O)O)cc3)n2-c2ccccc2)cc1. The zero-order valence-corrected chi connectivity index (χ0v) is 27.2. The van der Waals surface area contributed by atoms with Crippen LogP contribution >= 0.6 is 15.2 Å². The van der Waals surface area contributed by atoms with Crippen molar-refractivity contribution in [1.29, 1.82) is 0 Å². The molecule has 0 unspecified atom stereocenters. The van der Waals surface area contributed by atoms with Gasteiger partial charge in [0.15, 0.2) is 25.5 Å². The summed E-state index contributed by atoms with van der Waals surface area (Å²) in [5.74, 6) is 0. The van der Waals surface area contributed by atoms with E-state index in [1.807, 2.05) is 79.1 Å². The first-order chi connectivity index (χ1) is 22.5. The molecule has 0 amide bonds. The lowest BCUT2D eigenvalue weighted by atomic mass is 10.1. The van der Waals surface area contributed by atoms with Gasteiger partial charge in [0.2, 0.25) is 11.4 Å². The molecule has 0 fully saturated rings. The summed E-state index contributed by atoms with van der Waals surface area (Å²) in [5.41, 5.74) is 8.15. The fraction of sp³-hybridized carbons (Fsp3) is 0.111. The van der Waals surface area contributed by atoms with Crippen LogP contribution in [-0.2, 0) is 34.5 Å². The van der Waals surface area contributed by atoms with Crippen molar-refractivity contribution in [2.45, 2.75) is 25.4 Å². The zero-order valence-electron chi connectivity index (χ0n) is 25.4. The summed E-state index contributed by atoms with van der Waals surface area (Å²) in [7, 11) is -8.29. The fourth-order valence-electron chi connectivity index (χ4n) is 5.75. The van der Waals surface area contributed by atoms with Crippen LogP contribution in [-0.4, -0.2) is 24.1 Å². The highest BCUT2D eigenvalue weighted by Crippen LogP contribution is 2.39. The normalized spacial score (nSPS) is 11.9. The van der Waals surface area contributed by atoms with Crippen molar-refractivity contribution in [3.63, 3.8) is 0 Å². The second kappa shape index (κ2) is 13.7. The molecule has 0 bridgehead atoms. The van der Waals surface area contributed by atoms with E-state index >= 15 is 0 Å². The first-order valence-electron chi connectivity index (χ1n) is 15.0. The van der Waals surface area contributed by atoms with Gasteiger partial charge in [0.1, 0.15) is 11.4 Å². The molecule has 6 aromatic rings. The molecule has 4 N–H and O–H groups in total. The molecule has 238 valence electrons. The molecule has 0 atom stereocenters. The molecule has 0 radical (unpaired) electrons. The lowest BCUT2D eigenvalue weighted by molar-refractivity contribution is -0.678. The Morgan fingerprint density at radius 2 is 0.851 bits per heavy atom. The summed E-state index contributed by atoms with van der Waals surface area (Å²) in [6, 6.07) is 41.2. The summed E-state index contributed by atoms with van der Waals surface area (Å²) >= 11 is 0. The second-order valence-corrected chi connectivity index (χ2v) is 14.8. The lowest BCUT2D eigenvalue weighted by Gasteiger charge is -2.13. The minimum absolute atomic E-state index is 0.286. The molecule has 3 heterocycles. The van der Waals surface area contributed by atoms with Crippen molar-refractivity contribution >= 4 is 15.2 Å². The fourth-order valence-corrected chi connectivity index (χ4v) is 7.13. The predicted molar refractivity (Wildman–Crippen MR) is 180 cm³/mol. The van der Waals surface area contributed by atoms with Gasteiger partial charge in [-0.3, -0.25) is 13.7 Å². The third kappa shape index (κ3) is 8.28. The first-order valence-corrected chi connectivity index (χ1v) is 18.6. The molecule has 0 saturated heterocycles. The van der Waals surface area contributed by atoms with E-state index in [2.05, 4.69) is 50.1 Å². The second-order valence-electron chi connectivity index (χ2n) is 11.5. The van der Waals surface area contributed by atoms with E-state index in [9.17, 15) is 28.7 Å². The summed E-state index contributed by atoms with van der Waals surface area (Å²) in [5, 5.41) is 0. The summed E-state index contributed by atoms with van der Waals surface area (Å²) < 4.78 is 29.5. The van der Waals surface area contributed by atoms with Crippen molar-refractivity contribution < 1.29 is 37.8 Å². The molecule has 6 rings (SSSR count).